The van der Waals surface area contributed by atoms with Crippen molar-refractivity contribution in [3.63, 3.8) is 0 Å². The molecule has 0 saturated heterocycles. The Morgan fingerprint density at radius 2 is 2.14 bits per heavy atom. The molecule has 0 spiro atoms. The topological polar surface area (TPSA) is 20.3 Å². The number of carbonyl (C=O) groups is 1. The van der Waals surface area contributed by atoms with Gasteiger partial charge in [0, 0.05) is 18.9 Å². The quantitative estimate of drug-likeness (QED) is 0.645. The molecule has 0 aromatic rings. The van der Waals surface area contributed by atoms with E-state index in [9.17, 15) is 4.79 Å². The van der Waals surface area contributed by atoms with E-state index >= 15 is 0 Å². The van der Waals surface area contributed by atoms with Crippen LogP contribution >= 0.6 is 0 Å². The molecule has 2 heteroatoms. The fourth-order valence-corrected chi connectivity index (χ4v) is 2.27. The summed E-state index contributed by atoms with van der Waals surface area (Å²) in [6.07, 6.45) is 6.73. The highest BCUT2D eigenvalue weighted by molar-refractivity contribution is 5.81. The molecule has 0 heterocycles. The minimum Gasteiger partial charge on any atom is -0.306 e. The van der Waals surface area contributed by atoms with Crippen LogP contribution in [0.1, 0.15) is 45.4 Å². The summed E-state index contributed by atoms with van der Waals surface area (Å²) in [6.45, 7) is 4.28. The van der Waals surface area contributed by atoms with Crippen molar-refractivity contribution in [2.75, 3.05) is 20.1 Å². The SMILES string of the molecule is CCCN(C)CC1CCCCCC1=O. The van der Waals surface area contributed by atoms with E-state index in [0.29, 0.717) is 11.7 Å². The van der Waals surface area contributed by atoms with Crippen LogP contribution in [0.2, 0.25) is 0 Å². The number of Topliss-reactive ketones (excluding diaryl/α,β-unsaturated/α-hetero) is 1. The lowest BCUT2D eigenvalue weighted by atomic mass is 9.98. The Bertz CT molecular complexity index is 179. The van der Waals surface area contributed by atoms with Crippen molar-refractivity contribution in [1.82, 2.24) is 4.90 Å². The molecule has 82 valence electrons. The number of hydrogen-bond acceptors (Lipinski definition) is 2. The van der Waals surface area contributed by atoms with Crippen LogP contribution in [0.5, 0.6) is 0 Å². The molecule has 0 aliphatic heterocycles. The average Bonchev–Trinajstić information content (AvgIpc) is 2.33. The highest BCUT2D eigenvalue weighted by Gasteiger charge is 2.21. The van der Waals surface area contributed by atoms with E-state index < -0.39 is 0 Å². The molecule has 1 aliphatic rings. The van der Waals surface area contributed by atoms with Gasteiger partial charge in [-0.1, -0.05) is 19.8 Å². The number of hydrogen-bond donors (Lipinski definition) is 0. The van der Waals surface area contributed by atoms with Crippen molar-refractivity contribution in [2.24, 2.45) is 5.92 Å². The second-order valence-electron chi connectivity index (χ2n) is 4.52. The van der Waals surface area contributed by atoms with E-state index in [1.165, 1.54) is 19.3 Å². The first-order valence-corrected chi connectivity index (χ1v) is 5.95. The van der Waals surface area contributed by atoms with E-state index in [4.69, 9.17) is 0 Å². The van der Waals surface area contributed by atoms with E-state index in [1.54, 1.807) is 0 Å². The van der Waals surface area contributed by atoms with Crippen LogP contribution in [0.4, 0.5) is 0 Å². The molecule has 14 heavy (non-hydrogen) atoms. The highest BCUT2D eigenvalue weighted by Crippen LogP contribution is 2.20. The van der Waals surface area contributed by atoms with Crippen LogP contribution in [0.3, 0.4) is 0 Å². The monoisotopic (exact) mass is 197 g/mol. The smallest absolute Gasteiger partial charge is 0.137 e. The first kappa shape index (κ1) is 11.7. The molecular weight excluding hydrogens is 174 g/mol. The zero-order valence-corrected chi connectivity index (χ0v) is 9.59. The molecule has 0 aromatic heterocycles. The highest BCUT2D eigenvalue weighted by atomic mass is 16.1. The Balaban J connectivity index is 2.36. The fraction of sp³-hybridized carbons (Fsp3) is 0.917. The van der Waals surface area contributed by atoms with Crippen LogP contribution in [-0.2, 0) is 4.79 Å². The first-order chi connectivity index (χ1) is 6.74. The van der Waals surface area contributed by atoms with Crippen molar-refractivity contribution in [3.05, 3.63) is 0 Å². The van der Waals surface area contributed by atoms with Crippen molar-refractivity contribution < 1.29 is 4.79 Å². The summed E-state index contributed by atoms with van der Waals surface area (Å²) in [7, 11) is 2.13. The standard InChI is InChI=1S/C12H23NO/c1-3-9-13(2)10-11-7-5-4-6-8-12(11)14/h11H,3-10H2,1-2H3. The van der Waals surface area contributed by atoms with Gasteiger partial charge in [-0.05, 0) is 32.9 Å². The van der Waals surface area contributed by atoms with E-state index in [2.05, 4.69) is 18.9 Å². The Kier molecular flexibility index (Phi) is 5.16. The maximum absolute atomic E-state index is 11.7. The number of rotatable bonds is 4. The van der Waals surface area contributed by atoms with Gasteiger partial charge in [0.15, 0.2) is 0 Å². The minimum absolute atomic E-state index is 0.328. The van der Waals surface area contributed by atoms with Gasteiger partial charge in [-0.2, -0.15) is 0 Å². The second-order valence-corrected chi connectivity index (χ2v) is 4.52. The molecule has 0 radical (unpaired) electrons. The molecule has 0 bridgehead atoms. The molecule has 1 rings (SSSR count). The van der Waals surface area contributed by atoms with Gasteiger partial charge < -0.3 is 4.90 Å². The lowest BCUT2D eigenvalue weighted by molar-refractivity contribution is -0.123. The van der Waals surface area contributed by atoms with Gasteiger partial charge in [-0.3, -0.25) is 4.79 Å². The third-order valence-corrected chi connectivity index (χ3v) is 3.07. The van der Waals surface area contributed by atoms with Gasteiger partial charge in [-0.15, -0.1) is 0 Å². The van der Waals surface area contributed by atoms with Crippen LogP contribution in [-0.4, -0.2) is 30.8 Å². The molecule has 0 amide bonds. The molecule has 1 fully saturated rings. The molecule has 1 unspecified atom stereocenters. The lowest BCUT2D eigenvalue weighted by Crippen LogP contribution is -2.30. The molecule has 0 N–H and O–H groups in total. The lowest BCUT2D eigenvalue weighted by Gasteiger charge is -2.21. The minimum atomic E-state index is 0.328. The van der Waals surface area contributed by atoms with Gasteiger partial charge in [0.2, 0.25) is 0 Å². The van der Waals surface area contributed by atoms with E-state index in [0.717, 1.165) is 32.4 Å². The van der Waals surface area contributed by atoms with Crippen molar-refractivity contribution in [3.8, 4) is 0 Å². The summed E-state index contributed by atoms with van der Waals surface area (Å²) in [5.74, 6) is 0.833. The largest absolute Gasteiger partial charge is 0.306 e. The zero-order chi connectivity index (χ0) is 10.4. The average molecular weight is 197 g/mol. The third-order valence-electron chi connectivity index (χ3n) is 3.07. The summed E-state index contributed by atoms with van der Waals surface area (Å²) in [6, 6.07) is 0. The van der Waals surface area contributed by atoms with Crippen LogP contribution < -0.4 is 0 Å². The summed E-state index contributed by atoms with van der Waals surface area (Å²) in [5, 5.41) is 0. The number of carbonyl (C=O) groups excluding carboxylic acids is 1. The molecule has 2 nitrogen and oxygen atoms in total. The van der Waals surface area contributed by atoms with Crippen molar-refractivity contribution >= 4 is 5.78 Å². The molecular formula is C12H23NO. The summed E-state index contributed by atoms with van der Waals surface area (Å²) in [4.78, 5) is 14.0. The van der Waals surface area contributed by atoms with Gasteiger partial charge in [0.1, 0.15) is 5.78 Å². The number of nitrogens with zero attached hydrogens (tertiary/aromatic N) is 1. The predicted octanol–water partition coefficient (Wildman–Crippen LogP) is 2.48. The maximum Gasteiger partial charge on any atom is 0.137 e. The maximum atomic E-state index is 11.7. The van der Waals surface area contributed by atoms with E-state index in [1.807, 2.05) is 0 Å². The van der Waals surface area contributed by atoms with Crippen LogP contribution in [0, 0.1) is 5.92 Å². The Morgan fingerprint density at radius 1 is 1.36 bits per heavy atom. The second kappa shape index (κ2) is 6.18. The number of ketones is 1. The van der Waals surface area contributed by atoms with Crippen LogP contribution in [0.15, 0.2) is 0 Å². The summed E-state index contributed by atoms with van der Waals surface area (Å²) in [5.41, 5.74) is 0. The van der Waals surface area contributed by atoms with E-state index in [-0.39, 0.29) is 0 Å². The van der Waals surface area contributed by atoms with Gasteiger partial charge in [0.05, 0.1) is 0 Å². The normalized spacial score (nSPS) is 23.9. The van der Waals surface area contributed by atoms with Gasteiger partial charge >= 0.3 is 0 Å². The zero-order valence-electron chi connectivity index (χ0n) is 9.59. The Hall–Kier alpha value is -0.370. The molecule has 1 atom stereocenters. The molecule has 0 aromatic carbocycles. The molecule has 1 saturated carbocycles. The predicted molar refractivity (Wildman–Crippen MR) is 59.4 cm³/mol. The van der Waals surface area contributed by atoms with Crippen LogP contribution in [0.25, 0.3) is 0 Å². The Labute approximate surface area is 87.7 Å². The fourth-order valence-electron chi connectivity index (χ4n) is 2.27. The summed E-state index contributed by atoms with van der Waals surface area (Å²) >= 11 is 0. The van der Waals surface area contributed by atoms with Gasteiger partial charge in [0.25, 0.3) is 0 Å². The Morgan fingerprint density at radius 3 is 2.86 bits per heavy atom. The van der Waals surface area contributed by atoms with Gasteiger partial charge in [-0.25, -0.2) is 0 Å². The third kappa shape index (κ3) is 3.79. The van der Waals surface area contributed by atoms with Crippen molar-refractivity contribution in [2.45, 2.75) is 45.4 Å². The van der Waals surface area contributed by atoms with Crippen molar-refractivity contribution in [1.29, 1.82) is 0 Å². The molecule has 1 aliphatic carbocycles. The summed E-state index contributed by atoms with van der Waals surface area (Å²) < 4.78 is 0. The first-order valence-electron chi connectivity index (χ1n) is 5.95.